The molecule has 0 spiro atoms. The first kappa shape index (κ1) is 10.3. The lowest BCUT2D eigenvalue weighted by molar-refractivity contribution is 0.465. The average Bonchev–Trinajstić information content (AvgIpc) is 2.95. The molecule has 2 aromatic rings. The smallest absolute Gasteiger partial charge is 0.113 e. The van der Waals surface area contributed by atoms with Crippen molar-refractivity contribution in [2.24, 2.45) is 0 Å². The molecule has 0 bridgehead atoms. The van der Waals surface area contributed by atoms with Gasteiger partial charge in [0.25, 0.3) is 0 Å². The molecule has 1 aromatic carbocycles. The minimum Gasteiger partial charge on any atom is -0.341 e. The van der Waals surface area contributed by atoms with E-state index in [2.05, 4.69) is 23.0 Å². The van der Waals surface area contributed by atoms with Crippen LogP contribution in [0, 0.1) is 11.3 Å². The van der Waals surface area contributed by atoms with E-state index in [4.69, 9.17) is 5.26 Å². The molecular weight excluding hydrogens is 210 g/mol. The van der Waals surface area contributed by atoms with E-state index in [1.807, 2.05) is 18.2 Å². The quantitative estimate of drug-likeness (QED) is 0.809. The number of nitrogens with zero attached hydrogens (tertiary/aromatic N) is 2. The number of nitriles is 1. The first-order valence-electron chi connectivity index (χ1n) is 6.12. The maximum Gasteiger partial charge on any atom is 0.113 e. The van der Waals surface area contributed by atoms with Crippen molar-refractivity contribution in [2.45, 2.75) is 38.0 Å². The Balaban J connectivity index is 2.17. The van der Waals surface area contributed by atoms with Crippen molar-refractivity contribution < 1.29 is 0 Å². The average molecular weight is 225 g/mol. The van der Waals surface area contributed by atoms with Crippen molar-refractivity contribution >= 4 is 11.0 Å². The summed E-state index contributed by atoms with van der Waals surface area (Å²) in [6.45, 7) is 2.27. The Morgan fingerprint density at radius 2 is 2.12 bits per heavy atom. The fraction of sp³-hybridized carbons (Fsp3) is 0.429. The van der Waals surface area contributed by atoms with Crippen molar-refractivity contribution in [3.8, 4) is 6.07 Å². The van der Waals surface area contributed by atoms with Gasteiger partial charge >= 0.3 is 0 Å². The molecule has 17 heavy (non-hydrogen) atoms. The van der Waals surface area contributed by atoms with Crippen molar-refractivity contribution in [2.75, 3.05) is 0 Å². The molecule has 1 aliphatic rings. The molecule has 0 amide bonds. The maximum atomic E-state index is 9.07. The molecular formula is C14H15N3. The van der Waals surface area contributed by atoms with Crippen LogP contribution in [0.2, 0.25) is 0 Å². The third-order valence-corrected chi connectivity index (χ3v) is 3.91. The number of hydrogen-bond donors (Lipinski definition) is 1. The van der Waals surface area contributed by atoms with E-state index >= 15 is 0 Å². The highest BCUT2D eigenvalue weighted by molar-refractivity contribution is 5.81. The molecule has 0 aliphatic heterocycles. The Morgan fingerprint density at radius 3 is 2.82 bits per heavy atom. The van der Waals surface area contributed by atoms with Gasteiger partial charge in [0.15, 0.2) is 0 Å². The predicted octanol–water partition coefficient (Wildman–Crippen LogP) is 3.27. The molecule has 3 heteroatoms. The highest BCUT2D eigenvalue weighted by atomic mass is 14.9. The summed E-state index contributed by atoms with van der Waals surface area (Å²) in [6, 6.07) is 7.92. The van der Waals surface area contributed by atoms with Gasteiger partial charge in [-0.15, -0.1) is 0 Å². The topological polar surface area (TPSA) is 52.5 Å². The van der Waals surface area contributed by atoms with E-state index in [0.717, 1.165) is 16.9 Å². The van der Waals surface area contributed by atoms with Gasteiger partial charge in [-0.2, -0.15) is 5.26 Å². The highest BCUT2D eigenvalue weighted by Crippen LogP contribution is 2.39. The number of aromatic nitrogens is 2. The summed E-state index contributed by atoms with van der Waals surface area (Å²) in [5, 5.41) is 9.07. The monoisotopic (exact) mass is 225 g/mol. The fourth-order valence-corrected chi connectivity index (χ4v) is 2.80. The second-order valence-electron chi connectivity index (χ2n) is 5.17. The van der Waals surface area contributed by atoms with Crippen LogP contribution in [0.25, 0.3) is 11.0 Å². The summed E-state index contributed by atoms with van der Waals surface area (Å²) in [4.78, 5) is 8.05. The van der Waals surface area contributed by atoms with E-state index < -0.39 is 0 Å². The Labute approximate surface area is 100 Å². The van der Waals surface area contributed by atoms with Crippen LogP contribution in [0.4, 0.5) is 0 Å². The number of aromatic amines is 1. The van der Waals surface area contributed by atoms with Gasteiger partial charge in [0.05, 0.1) is 11.1 Å². The van der Waals surface area contributed by atoms with Crippen molar-refractivity contribution in [1.82, 2.24) is 9.97 Å². The Bertz CT molecular complexity index is 597. The van der Waals surface area contributed by atoms with Gasteiger partial charge in [0.2, 0.25) is 0 Å². The normalized spacial score (nSPS) is 18.4. The largest absolute Gasteiger partial charge is 0.341 e. The molecule has 1 aromatic heterocycles. The van der Waals surface area contributed by atoms with Crippen molar-refractivity contribution in [3.05, 3.63) is 29.6 Å². The molecule has 1 fully saturated rings. The SMILES string of the molecule is CC1(c2nc3c(C#N)cccc3[nH]2)CCCC1. The summed E-state index contributed by atoms with van der Waals surface area (Å²) in [7, 11) is 0. The highest BCUT2D eigenvalue weighted by Gasteiger charge is 2.33. The number of rotatable bonds is 1. The van der Waals surface area contributed by atoms with Gasteiger partial charge in [-0.25, -0.2) is 4.98 Å². The molecule has 3 rings (SSSR count). The number of nitrogens with one attached hydrogen (secondary N) is 1. The molecule has 0 radical (unpaired) electrons. The van der Waals surface area contributed by atoms with Gasteiger partial charge in [0, 0.05) is 5.41 Å². The van der Waals surface area contributed by atoms with E-state index in [-0.39, 0.29) is 5.41 Å². The van der Waals surface area contributed by atoms with Gasteiger partial charge < -0.3 is 4.98 Å². The van der Waals surface area contributed by atoms with E-state index in [1.54, 1.807) is 0 Å². The Kier molecular flexibility index (Phi) is 2.19. The third-order valence-electron chi connectivity index (χ3n) is 3.91. The second kappa shape index (κ2) is 3.59. The predicted molar refractivity (Wildman–Crippen MR) is 66.6 cm³/mol. The summed E-state index contributed by atoms with van der Waals surface area (Å²) >= 11 is 0. The number of fused-ring (bicyclic) bond motifs is 1. The number of benzene rings is 1. The molecule has 0 atom stereocenters. The Hall–Kier alpha value is -1.82. The second-order valence-corrected chi connectivity index (χ2v) is 5.17. The molecule has 1 saturated carbocycles. The lowest BCUT2D eigenvalue weighted by Crippen LogP contribution is -2.18. The fourth-order valence-electron chi connectivity index (χ4n) is 2.80. The van der Waals surface area contributed by atoms with Crippen LogP contribution in [-0.2, 0) is 5.41 Å². The number of H-pyrrole nitrogens is 1. The van der Waals surface area contributed by atoms with Crippen LogP contribution in [-0.4, -0.2) is 9.97 Å². The van der Waals surface area contributed by atoms with E-state index in [9.17, 15) is 0 Å². The summed E-state index contributed by atoms with van der Waals surface area (Å²) in [5.41, 5.74) is 2.63. The standard InChI is InChI=1S/C14H15N3/c1-14(7-2-3-8-14)13-16-11-6-4-5-10(9-15)12(11)17-13/h4-6H,2-3,7-8H2,1H3,(H,16,17). The maximum absolute atomic E-state index is 9.07. The minimum atomic E-state index is 0.172. The van der Waals surface area contributed by atoms with Crippen LogP contribution >= 0.6 is 0 Å². The van der Waals surface area contributed by atoms with Crippen LogP contribution in [0.3, 0.4) is 0 Å². The summed E-state index contributed by atoms with van der Waals surface area (Å²) < 4.78 is 0. The molecule has 1 heterocycles. The lowest BCUT2D eigenvalue weighted by Gasteiger charge is -2.19. The molecule has 0 saturated heterocycles. The molecule has 0 unspecified atom stereocenters. The molecule has 86 valence electrons. The van der Waals surface area contributed by atoms with Gasteiger partial charge in [-0.05, 0) is 25.0 Å². The van der Waals surface area contributed by atoms with E-state index in [1.165, 1.54) is 25.7 Å². The van der Waals surface area contributed by atoms with E-state index in [0.29, 0.717) is 5.56 Å². The van der Waals surface area contributed by atoms with Crippen LogP contribution in [0.5, 0.6) is 0 Å². The molecule has 1 N–H and O–H groups in total. The van der Waals surface area contributed by atoms with Crippen LogP contribution in [0.1, 0.15) is 44.0 Å². The molecule has 3 nitrogen and oxygen atoms in total. The Morgan fingerprint density at radius 1 is 1.35 bits per heavy atom. The number of imidazole rings is 1. The summed E-state index contributed by atoms with van der Waals surface area (Å²) in [5.74, 6) is 1.05. The zero-order valence-electron chi connectivity index (χ0n) is 9.95. The van der Waals surface area contributed by atoms with Crippen molar-refractivity contribution in [1.29, 1.82) is 5.26 Å². The van der Waals surface area contributed by atoms with Gasteiger partial charge in [-0.3, -0.25) is 0 Å². The first-order chi connectivity index (χ1) is 8.23. The minimum absolute atomic E-state index is 0.172. The van der Waals surface area contributed by atoms with Crippen LogP contribution < -0.4 is 0 Å². The van der Waals surface area contributed by atoms with Gasteiger partial charge in [-0.1, -0.05) is 25.8 Å². The lowest BCUT2D eigenvalue weighted by atomic mass is 9.88. The first-order valence-corrected chi connectivity index (χ1v) is 6.12. The summed E-state index contributed by atoms with van der Waals surface area (Å²) in [6.07, 6.45) is 4.93. The van der Waals surface area contributed by atoms with Crippen molar-refractivity contribution in [3.63, 3.8) is 0 Å². The van der Waals surface area contributed by atoms with Crippen LogP contribution in [0.15, 0.2) is 18.2 Å². The number of hydrogen-bond acceptors (Lipinski definition) is 2. The van der Waals surface area contributed by atoms with Gasteiger partial charge in [0.1, 0.15) is 17.4 Å². The molecule has 1 aliphatic carbocycles. The zero-order valence-corrected chi connectivity index (χ0v) is 9.95. The zero-order chi connectivity index (χ0) is 11.9. The number of para-hydroxylation sites is 1. The third kappa shape index (κ3) is 1.52.